The fourth-order valence-corrected chi connectivity index (χ4v) is 1.56. The summed E-state index contributed by atoms with van der Waals surface area (Å²) in [6.07, 6.45) is 15.8. The van der Waals surface area contributed by atoms with E-state index in [2.05, 4.69) is 19.9 Å². The molecule has 0 N–H and O–H groups in total. The predicted molar refractivity (Wildman–Crippen MR) is 82.4 cm³/mol. The quantitative estimate of drug-likeness (QED) is 0.468. The van der Waals surface area contributed by atoms with Gasteiger partial charge in [0.2, 0.25) is 0 Å². The molecular weight excluding hydrogens is 204 g/mol. The maximum absolute atomic E-state index is 2.39. The van der Waals surface area contributed by atoms with E-state index in [1.165, 1.54) is 25.7 Å². The van der Waals surface area contributed by atoms with Gasteiger partial charge in [0.15, 0.2) is 0 Å². The first kappa shape index (κ1) is 18.6. The van der Waals surface area contributed by atoms with Gasteiger partial charge in [-0.2, -0.15) is 0 Å². The molecule has 0 radical (unpaired) electrons. The van der Waals surface area contributed by atoms with Crippen LogP contribution in [0.15, 0.2) is 36.0 Å². The Morgan fingerprint density at radius 2 is 1.47 bits per heavy atom. The minimum absolute atomic E-state index is 0.961. The average molecular weight is 236 g/mol. The number of allylic oxidation sites excluding steroid dienone is 6. The van der Waals surface area contributed by atoms with Crippen LogP contribution in [0.1, 0.15) is 67.2 Å². The number of hydrogen-bond acceptors (Lipinski definition) is 0. The number of rotatable bonds is 1. The molecule has 1 saturated carbocycles. The Labute approximate surface area is 110 Å². The van der Waals surface area contributed by atoms with Crippen LogP contribution in [-0.4, -0.2) is 0 Å². The maximum atomic E-state index is 2.39. The van der Waals surface area contributed by atoms with Crippen LogP contribution >= 0.6 is 0 Å². The highest BCUT2D eigenvalue weighted by atomic mass is 14.2. The van der Waals surface area contributed by atoms with Gasteiger partial charge in [0.25, 0.3) is 0 Å². The van der Waals surface area contributed by atoms with Gasteiger partial charge in [-0.05, 0) is 59.3 Å². The molecule has 0 heterocycles. The molecule has 1 rings (SSSR count). The average Bonchev–Trinajstić information content (AvgIpc) is 2.76. The first-order valence-electron chi connectivity index (χ1n) is 6.98. The third-order valence-electron chi connectivity index (χ3n) is 2.73. The van der Waals surface area contributed by atoms with Crippen LogP contribution in [0.2, 0.25) is 0 Å². The lowest BCUT2D eigenvalue weighted by atomic mass is 10.1. The Bertz CT molecular complexity index is 200. The van der Waals surface area contributed by atoms with Gasteiger partial charge in [-0.15, -0.1) is 0 Å². The van der Waals surface area contributed by atoms with E-state index in [0.29, 0.717) is 0 Å². The van der Waals surface area contributed by atoms with E-state index in [-0.39, 0.29) is 0 Å². The van der Waals surface area contributed by atoms with Gasteiger partial charge >= 0.3 is 0 Å². The van der Waals surface area contributed by atoms with Crippen molar-refractivity contribution in [3.63, 3.8) is 0 Å². The van der Waals surface area contributed by atoms with Crippen molar-refractivity contribution in [2.24, 2.45) is 5.92 Å². The van der Waals surface area contributed by atoms with Crippen molar-refractivity contribution >= 4 is 0 Å². The molecule has 0 bridgehead atoms. The molecule has 100 valence electrons. The van der Waals surface area contributed by atoms with E-state index >= 15 is 0 Å². The van der Waals surface area contributed by atoms with Crippen LogP contribution in [0.25, 0.3) is 0 Å². The second-order valence-electron chi connectivity index (χ2n) is 4.45. The third-order valence-corrected chi connectivity index (χ3v) is 2.73. The second kappa shape index (κ2) is 15.2. The van der Waals surface area contributed by atoms with Crippen LogP contribution in [0.4, 0.5) is 0 Å². The lowest BCUT2D eigenvalue weighted by Gasteiger charge is -1.94. The van der Waals surface area contributed by atoms with Gasteiger partial charge in [0, 0.05) is 0 Å². The minimum Gasteiger partial charge on any atom is -0.0919 e. The van der Waals surface area contributed by atoms with Gasteiger partial charge in [0.05, 0.1) is 0 Å². The van der Waals surface area contributed by atoms with Gasteiger partial charge in [0.1, 0.15) is 0 Å². The molecule has 0 aromatic heterocycles. The Morgan fingerprint density at radius 3 is 1.71 bits per heavy atom. The SMILES string of the molecule is CC=CC.CC=CC.CCC=C1CCC(C)C1. The molecule has 1 aliphatic rings. The Hall–Kier alpha value is -0.780. The first-order valence-corrected chi connectivity index (χ1v) is 6.98. The molecule has 1 fully saturated rings. The highest BCUT2D eigenvalue weighted by molar-refractivity contribution is 5.06. The van der Waals surface area contributed by atoms with E-state index in [0.717, 1.165) is 5.92 Å². The molecule has 0 heteroatoms. The molecule has 0 saturated heterocycles. The summed E-state index contributed by atoms with van der Waals surface area (Å²) in [6, 6.07) is 0. The van der Waals surface area contributed by atoms with Crippen LogP contribution < -0.4 is 0 Å². The van der Waals surface area contributed by atoms with Crippen LogP contribution in [-0.2, 0) is 0 Å². The smallest absolute Gasteiger partial charge is 0.0294 e. The summed E-state index contributed by atoms with van der Waals surface area (Å²) in [7, 11) is 0. The molecule has 17 heavy (non-hydrogen) atoms. The maximum Gasteiger partial charge on any atom is -0.0294 e. The summed E-state index contributed by atoms with van der Waals surface area (Å²) in [5.41, 5.74) is 1.70. The van der Waals surface area contributed by atoms with Gasteiger partial charge in [-0.1, -0.05) is 49.8 Å². The lowest BCUT2D eigenvalue weighted by Crippen LogP contribution is -1.80. The van der Waals surface area contributed by atoms with Crippen molar-refractivity contribution < 1.29 is 0 Å². The molecule has 0 nitrogen and oxygen atoms in total. The van der Waals surface area contributed by atoms with Crippen LogP contribution in [0, 0.1) is 5.92 Å². The second-order valence-corrected chi connectivity index (χ2v) is 4.45. The highest BCUT2D eigenvalue weighted by Gasteiger charge is 2.13. The molecule has 0 aromatic carbocycles. The zero-order valence-corrected chi connectivity index (χ0v) is 12.8. The zero-order chi connectivity index (χ0) is 13.5. The van der Waals surface area contributed by atoms with Crippen molar-refractivity contribution in [3.05, 3.63) is 36.0 Å². The monoisotopic (exact) mass is 236 g/mol. The number of hydrogen-bond donors (Lipinski definition) is 0. The first-order chi connectivity index (χ1) is 8.15. The van der Waals surface area contributed by atoms with Gasteiger partial charge in [-0.3, -0.25) is 0 Å². The standard InChI is InChI=1S/C9H16.2C4H8/c1-3-4-9-6-5-8(2)7-9;2*1-3-4-2/h4,8H,3,5-7H2,1-2H3;2*3-4H,1-2H3. The summed E-state index contributed by atoms with van der Waals surface area (Å²) in [6.45, 7) is 12.6. The fraction of sp³-hybridized carbons (Fsp3) is 0.647. The Kier molecular flexibility index (Phi) is 16.6. The lowest BCUT2D eigenvalue weighted by molar-refractivity contribution is 0.620. The third kappa shape index (κ3) is 15.2. The molecule has 1 aliphatic carbocycles. The summed E-state index contributed by atoms with van der Waals surface area (Å²) in [4.78, 5) is 0. The fourth-order valence-electron chi connectivity index (χ4n) is 1.56. The topological polar surface area (TPSA) is 0 Å². The van der Waals surface area contributed by atoms with Crippen molar-refractivity contribution in [1.82, 2.24) is 0 Å². The summed E-state index contributed by atoms with van der Waals surface area (Å²) < 4.78 is 0. The van der Waals surface area contributed by atoms with E-state index in [4.69, 9.17) is 0 Å². The summed E-state index contributed by atoms with van der Waals surface area (Å²) in [5.74, 6) is 0.961. The molecular formula is C17H32. The van der Waals surface area contributed by atoms with Crippen molar-refractivity contribution in [1.29, 1.82) is 0 Å². The molecule has 1 unspecified atom stereocenters. The molecule has 0 aromatic rings. The zero-order valence-electron chi connectivity index (χ0n) is 12.8. The Balaban J connectivity index is 0. The van der Waals surface area contributed by atoms with E-state index in [1.807, 2.05) is 52.0 Å². The highest BCUT2D eigenvalue weighted by Crippen LogP contribution is 2.29. The largest absolute Gasteiger partial charge is 0.0919 e. The van der Waals surface area contributed by atoms with Crippen LogP contribution in [0.5, 0.6) is 0 Å². The van der Waals surface area contributed by atoms with E-state index < -0.39 is 0 Å². The van der Waals surface area contributed by atoms with Crippen LogP contribution in [0.3, 0.4) is 0 Å². The summed E-state index contributed by atoms with van der Waals surface area (Å²) in [5, 5.41) is 0. The predicted octanol–water partition coefficient (Wildman–Crippen LogP) is 6.31. The summed E-state index contributed by atoms with van der Waals surface area (Å²) >= 11 is 0. The van der Waals surface area contributed by atoms with Crippen molar-refractivity contribution in [3.8, 4) is 0 Å². The van der Waals surface area contributed by atoms with Gasteiger partial charge < -0.3 is 0 Å². The minimum atomic E-state index is 0.961. The molecule has 0 aliphatic heterocycles. The molecule has 1 atom stereocenters. The van der Waals surface area contributed by atoms with Crippen molar-refractivity contribution in [2.45, 2.75) is 67.2 Å². The Morgan fingerprint density at radius 1 is 1.00 bits per heavy atom. The van der Waals surface area contributed by atoms with E-state index in [1.54, 1.807) is 5.57 Å². The normalized spacial score (nSPS) is 21.3. The van der Waals surface area contributed by atoms with Crippen molar-refractivity contribution in [2.75, 3.05) is 0 Å². The van der Waals surface area contributed by atoms with Gasteiger partial charge in [-0.25, -0.2) is 0 Å². The molecule has 0 spiro atoms. The van der Waals surface area contributed by atoms with E-state index in [9.17, 15) is 0 Å². The molecule has 0 amide bonds.